The van der Waals surface area contributed by atoms with Gasteiger partial charge in [-0.3, -0.25) is 0 Å². The molecule has 1 aliphatic rings. The molecular weight excluding hydrogens is 374 g/mol. The summed E-state index contributed by atoms with van der Waals surface area (Å²) in [6.45, 7) is 3.04. The number of hydrogen-bond donors (Lipinski definition) is 1. The van der Waals surface area contributed by atoms with Crippen molar-refractivity contribution in [2.45, 2.75) is 32.0 Å². The van der Waals surface area contributed by atoms with Crippen molar-refractivity contribution in [2.24, 2.45) is 0 Å². The van der Waals surface area contributed by atoms with Crippen LogP contribution < -0.4 is 19.5 Å². The molecule has 156 valence electrons. The Balaban J connectivity index is 1.18. The first kappa shape index (κ1) is 20.3. The summed E-state index contributed by atoms with van der Waals surface area (Å²) in [6, 6.07) is 26.3. The molecule has 4 nitrogen and oxygen atoms in total. The van der Waals surface area contributed by atoms with Crippen LogP contribution in [0.15, 0.2) is 78.9 Å². The lowest BCUT2D eigenvalue weighted by atomic mass is 10.0. The molecule has 3 aromatic rings. The van der Waals surface area contributed by atoms with Crippen molar-refractivity contribution in [1.82, 2.24) is 5.32 Å². The van der Waals surface area contributed by atoms with Crippen LogP contribution >= 0.6 is 0 Å². The highest BCUT2D eigenvalue weighted by Crippen LogP contribution is 2.31. The second-order valence-corrected chi connectivity index (χ2v) is 7.54. The summed E-state index contributed by atoms with van der Waals surface area (Å²) in [6.07, 6.45) is 3.23. The number of ether oxygens (including phenoxy) is 3. The van der Waals surface area contributed by atoms with Crippen molar-refractivity contribution in [3.63, 3.8) is 0 Å². The zero-order chi connectivity index (χ0) is 20.4. The summed E-state index contributed by atoms with van der Waals surface area (Å²) in [5.74, 6) is 2.73. The van der Waals surface area contributed by atoms with Crippen LogP contribution in [0, 0.1) is 0 Å². The summed E-state index contributed by atoms with van der Waals surface area (Å²) in [5, 5.41) is 3.50. The Morgan fingerprint density at radius 3 is 2.50 bits per heavy atom. The Morgan fingerprint density at radius 2 is 1.67 bits per heavy atom. The highest BCUT2D eigenvalue weighted by Gasteiger charge is 2.20. The van der Waals surface area contributed by atoms with Crippen molar-refractivity contribution in [3.05, 3.63) is 90.0 Å². The Kier molecular flexibility index (Phi) is 7.24. The molecule has 0 saturated carbocycles. The van der Waals surface area contributed by atoms with Crippen LogP contribution in [0.5, 0.6) is 17.2 Å². The molecule has 1 heterocycles. The van der Waals surface area contributed by atoms with Crippen LogP contribution in [0.1, 0.15) is 24.0 Å². The molecule has 1 unspecified atom stereocenters. The average molecular weight is 404 g/mol. The van der Waals surface area contributed by atoms with Crippen LogP contribution in [-0.4, -0.2) is 25.8 Å². The molecule has 0 aromatic heterocycles. The molecular formula is C26H29NO3. The molecule has 1 aliphatic heterocycles. The monoisotopic (exact) mass is 403 g/mol. The molecule has 0 amide bonds. The van der Waals surface area contributed by atoms with E-state index in [4.69, 9.17) is 14.2 Å². The smallest absolute Gasteiger partial charge is 0.126 e. The first-order valence-electron chi connectivity index (χ1n) is 10.7. The van der Waals surface area contributed by atoms with Gasteiger partial charge in [-0.25, -0.2) is 0 Å². The minimum absolute atomic E-state index is 0.192. The Hall–Kier alpha value is -2.98. The minimum atomic E-state index is 0.192. The third-order valence-electron chi connectivity index (χ3n) is 5.20. The van der Waals surface area contributed by atoms with Crippen LogP contribution in [0.2, 0.25) is 0 Å². The van der Waals surface area contributed by atoms with Crippen molar-refractivity contribution in [2.75, 3.05) is 19.7 Å². The average Bonchev–Trinajstić information content (AvgIpc) is 2.81. The Bertz CT molecular complexity index is 899. The van der Waals surface area contributed by atoms with Crippen molar-refractivity contribution < 1.29 is 14.2 Å². The highest BCUT2D eigenvalue weighted by molar-refractivity contribution is 5.42. The predicted molar refractivity (Wildman–Crippen MR) is 119 cm³/mol. The van der Waals surface area contributed by atoms with Gasteiger partial charge < -0.3 is 19.5 Å². The van der Waals surface area contributed by atoms with Gasteiger partial charge in [0, 0.05) is 12.6 Å². The van der Waals surface area contributed by atoms with Gasteiger partial charge in [0.25, 0.3) is 0 Å². The molecule has 1 atom stereocenters. The van der Waals surface area contributed by atoms with E-state index in [0.29, 0.717) is 13.2 Å². The van der Waals surface area contributed by atoms with E-state index in [2.05, 4.69) is 23.5 Å². The van der Waals surface area contributed by atoms with Gasteiger partial charge in [-0.1, -0.05) is 54.6 Å². The van der Waals surface area contributed by atoms with E-state index < -0.39 is 0 Å². The molecule has 4 rings (SSSR count). The predicted octanol–water partition coefficient (Wildman–Crippen LogP) is 5.02. The second kappa shape index (κ2) is 10.7. The van der Waals surface area contributed by atoms with Gasteiger partial charge in [-0.05, 0) is 55.1 Å². The van der Waals surface area contributed by atoms with Crippen molar-refractivity contribution in [1.29, 1.82) is 0 Å². The second-order valence-electron chi connectivity index (χ2n) is 7.54. The highest BCUT2D eigenvalue weighted by atomic mass is 16.5. The first-order valence-corrected chi connectivity index (χ1v) is 10.7. The normalized spacial score (nSPS) is 15.1. The third kappa shape index (κ3) is 6.01. The van der Waals surface area contributed by atoms with Crippen LogP contribution in [0.4, 0.5) is 0 Å². The standard InChI is InChI=1S/C26H29NO3/c1-3-8-21(9-4-1)20-29-24-14-12-22-13-15-25(30-26(22)18-24)19-27-16-7-17-28-23-10-5-2-6-11-23/h1-6,8-12,14,18,25,27H,7,13,15-17,19-20H2. The van der Waals surface area contributed by atoms with Gasteiger partial charge in [0.05, 0.1) is 6.61 Å². The molecule has 1 N–H and O–H groups in total. The molecule has 4 heteroatoms. The van der Waals surface area contributed by atoms with E-state index in [1.165, 1.54) is 5.56 Å². The fourth-order valence-corrected chi connectivity index (χ4v) is 3.55. The maximum Gasteiger partial charge on any atom is 0.126 e. The van der Waals surface area contributed by atoms with Gasteiger partial charge in [-0.15, -0.1) is 0 Å². The van der Waals surface area contributed by atoms with Crippen molar-refractivity contribution >= 4 is 0 Å². The number of para-hydroxylation sites is 1. The fraction of sp³-hybridized carbons (Fsp3) is 0.308. The largest absolute Gasteiger partial charge is 0.494 e. The fourth-order valence-electron chi connectivity index (χ4n) is 3.55. The SMILES string of the molecule is c1ccc(COc2ccc3c(c2)OC(CNCCCOc2ccccc2)CC3)cc1. The Morgan fingerprint density at radius 1 is 0.867 bits per heavy atom. The third-order valence-corrected chi connectivity index (χ3v) is 5.20. The molecule has 0 radical (unpaired) electrons. The molecule has 30 heavy (non-hydrogen) atoms. The van der Waals surface area contributed by atoms with Gasteiger partial charge in [0.15, 0.2) is 0 Å². The summed E-state index contributed by atoms with van der Waals surface area (Å²) in [4.78, 5) is 0. The van der Waals surface area contributed by atoms with Gasteiger partial charge in [0.1, 0.15) is 30.0 Å². The van der Waals surface area contributed by atoms with Gasteiger partial charge in [0.2, 0.25) is 0 Å². The summed E-state index contributed by atoms with van der Waals surface area (Å²) in [7, 11) is 0. The molecule has 0 fully saturated rings. The lowest BCUT2D eigenvalue weighted by Crippen LogP contribution is -2.35. The number of benzene rings is 3. The minimum Gasteiger partial charge on any atom is -0.494 e. The van der Waals surface area contributed by atoms with Crippen LogP contribution in [0.3, 0.4) is 0 Å². The molecule has 0 aliphatic carbocycles. The number of aryl methyl sites for hydroxylation is 1. The lowest BCUT2D eigenvalue weighted by molar-refractivity contribution is 0.168. The van der Waals surface area contributed by atoms with E-state index in [1.54, 1.807) is 0 Å². The van der Waals surface area contributed by atoms with E-state index >= 15 is 0 Å². The number of fused-ring (bicyclic) bond motifs is 1. The summed E-state index contributed by atoms with van der Waals surface area (Å²) in [5.41, 5.74) is 2.42. The Labute approximate surface area is 178 Å². The maximum atomic E-state index is 6.23. The topological polar surface area (TPSA) is 39.7 Å². The van der Waals surface area contributed by atoms with Gasteiger partial charge in [-0.2, -0.15) is 0 Å². The van der Waals surface area contributed by atoms with E-state index in [0.717, 1.165) is 55.2 Å². The maximum absolute atomic E-state index is 6.23. The molecule has 3 aromatic carbocycles. The number of rotatable bonds is 10. The van der Waals surface area contributed by atoms with Crippen LogP contribution in [-0.2, 0) is 13.0 Å². The van der Waals surface area contributed by atoms with E-state index in [-0.39, 0.29) is 6.10 Å². The summed E-state index contributed by atoms with van der Waals surface area (Å²) >= 11 is 0. The van der Waals surface area contributed by atoms with Crippen molar-refractivity contribution in [3.8, 4) is 17.2 Å². The van der Waals surface area contributed by atoms with E-state index in [1.807, 2.05) is 60.7 Å². The number of hydrogen-bond acceptors (Lipinski definition) is 4. The molecule has 0 bridgehead atoms. The van der Waals surface area contributed by atoms with E-state index in [9.17, 15) is 0 Å². The lowest BCUT2D eigenvalue weighted by Gasteiger charge is -2.27. The first-order chi connectivity index (χ1) is 14.9. The number of nitrogens with one attached hydrogen (secondary N) is 1. The van der Waals surface area contributed by atoms with Gasteiger partial charge >= 0.3 is 0 Å². The molecule has 0 spiro atoms. The summed E-state index contributed by atoms with van der Waals surface area (Å²) < 4.78 is 17.9. The quantitative estimate of drug-likeness (QED) is 0.483. The molecule has 0 saturated heterocycles. The van der Waals surface area contributed by atoms with Crippen LogP contribution in [0.25, 0.3) is 0 Å². The zero-order valence-electron chi connectivity index (χ0n) is 17.3. The zero-order valence-corrected chi connectivity index (χ0v) is 17.3.